The van der Waals surface area contributed by atoms with E-state index in [1.54, 1.807) is 0 Å². The zero-order valence-electron chi connectivity index (χ0n) is 25.0. The van der Waals surface area contributed by atoms with E-state index in [4.69, 9.17) is 4.52 Å². The fourth-order valence-corrected chi connectivity index (χ4v) is 6.93. The number of aryl methyl sites for hydroxylation is 1. The van der Waals surface area contributed by atoms with Crippen molar-refractivity contribution in [2.75, 3.05) is 6.61 Å². The summed E-state index contributed by atoms with van der Waals surface area (Å²) in [7, 11) is -3.89. The molecule has 0 aromatic heterocycles. The van der Waals surface area contributed by atoms with E-state index in [1.165, 1.54) is 127 Å². The monoisotopic (exact) mass is 538 g/mol. The molecule has 0 aliphatic heterocycles. The number of benzene rings is 1. The van der Waals surface area contributed by atoms with Crippen molar-refractivity contribution in [2.45, 2.75) is 168 Å². The van der Waals surface area contributed by atoms with Crippen molar-refractivity contribution in [3.8, 4) is 0 Å². The molecule has 0 saturated carbocycles. The van der Waals surface area contributed by atoms with Crippen molar-refractivity contribution in [2.24, 2.45) is 0 Å². The average Bonchev–Trinajstić information content (AvgIpc) is 2.89. The Balaban J connectivity index is 2.68. The maximum atomic E-state index is 11.1. The Morgan fingerprint density at radius 3 is 1.49 bits per heavy atom. The molecule has 0 radical (unpaired) electrons. The van der Waals surface area contributed by atoms with E-state index in [2.05, 4.69) is 26.8 Å². The Morgan fingerprint density at radius 1 is 0.541 bits per heavy atom. The van der Waals surface area contributed by atoms with Gasteiger partial charge in [-0.3, -0.25) is 0 Å². The van der Waals surface area contributed by atoms with Gasteiger partial charge in [-0.25, -0.2) is 0 Å². The first kappa shape index (κ1) is 34.6. The summed E-state index contributed by atoms with van der Waals surface area (Å²) in [6.45, 7) is 7.22. The van der Waals surface area contributed by atoms with E-state index in [-0.39, 0.29) is 0 Å². The van der Waals surface area contributed by atoms with Crippen LogP contribution < -0.4 is 5.30 Å². The molecule has 218 valence electrons. The van der Waals surface area contributed by atoms with E-state index in [1.807, 2.05) is 12.1 Å². The standard InChI is InChI=1S/C33H63O3P/c1-4-7-10-13-16-19-22-26-31-27-25-29-33(32(31)28-23-20-17-14-11-8-5-2)37(34,35)36-30-24-21-18-15-12-9-6-3/h25,27,29,34-35,37H,4-24,26,28,30H2,1-3H3. The summed E-state index contributed by atoms with van der Waals surface area (Å²) in [5.74, 6) is 0. The molecule has 0 saturated heterocycles. The Bertz CT molecular complexity index is 646. The first-order chi connectivity index (χ1) is 18.1. The summed E-state index contributed by atoms with van der Waals surface area (Å²) in [6, 6.07) is 6.17. The molecule has 0 spiro atoms. The summed E-state index contributed by atoms with van der Waals surface area (Å²) in [4.78, 5) is 22.3. The van der Waals surface area contributed by atoms with Gasteiger partial charge in [0.25, 0.3) is 0 Å². The molecule has 0 fully saturated rings. The van der Waals surface area contributed by atoms with Crippen molar-refractivity contribution in [3.63, 3.8) is 0 Å². The molecule has 0 aliphatic rings. The van der Waals surface area contributed by atoms with Crippen LogP contribution in [0, 0.1) is 0 Å². The van der Waals surface area contributed by atoms with E-state index in [0.717, 1.165) is 32.1 Å². The van der Waals surface area contributed by atoms with Crippen LogP contribution in [-0.4, -0.2) is 16.4 Å². The van der Waals surface area contributed by atoms with Crippen LogP contribution in [0.25, 0.3) is 0 Å². The second-order valence-electron chi connectivity index (χ2n) is 11.3. The van der Waals surface area contributed by atoms with Crippen LogP contribution in [0.2, 0.25) is 0 Å². The fourth-order valence-electron chi connectivity index (χ4n) is 5.35. The minimum absolute atomic E-state index is 0.450. The SMILES string of the molecule is CCCCCCCCCO[PH](O)(O)c1cccc(CCCCCCCCC)c1CCCCCCCCC. The van der Waals surface area contributed by atoms with Gasteiger partial charge in [0.05, 0.1) is 0 Å². The minimum atomic E-state index is -3.89. The summed E-state index contributed by atoms with van der Waals surface area (Å²) < 4.78 is 5.84. The summed E-state index contributed by atoms with van der Waals surface area (Å²) in [5.41, 5.74) is 2.50. The van der Waals surface area contributed by atoms with Crippen molar-refractivity contribution >= 4 is 13.2 Å². The van der Waals surface area contributed by atoms with E-state index < -0.39 is 7.94 Å². The molecule has 1 aromatic rings. The van der Waals surface area contributed by atoms with Gasteiger partial charge >= 0.3 is 232 Å². The average molecular weight is 539 g/mol. The first-order valence-electron chi connectivity index (χ1n) is 16.3. The molecular formula is C33H63O3P. The third kappa shape index (κ3) is 17.0. The van der Waals surface area contributed by atoms with E-state index >= 15 is 0 Å². The Labute approximate surface area is 231 Å². The van der Waals surface area contributed by atoms with Crippen molar-refractivity contribution < 1.29 is 14.3 Å². The predicted octanol–water partition coefficient (Wildman–Crippen LogP) is 10.1. The molecule has 0 atom stereocenters. The van der Waals surface area contributed by atoms with Crippen molar-refractivity contribution in [1.82, 2.24) is 0 Å². The van der Waals surface area contributed by atoms with Gasteiger partial charge in [-0.05, 0) is 0 Å². The van der Waals surface area contributed by atoms with Gasteiger partial charge in [0.1, 0.15) is 0 Å². The normalized spacial score (nSPS) is 12.4. The molecule has 0 heterocycles. The van der Waals surface area contributed by atoms with Crippen molar-refractivity contribution in [1.29, 1.82) is 0 Å². The number of hydrogen-bond acceptors (Lipinski definition) is 3. The molecule has 0 aliphatic carbocycles. The molecule has 2 N–H and O–H groups in total. The van der Waals surface area contributed by atoms with Gasteiger partial charge in [-0.2, -0.15) is 0 Å². The maximum absolute atomic E-state index is 11.1. The molecule has 1 aromatic carbocycles. The van der Waals surface area contributed by atoms with Crippen molar-refractivity contribution in [3.05, 3.63) is 29.3 Å². The number of rotatable bonds is 26. The van der Waals surface area contributed by atoms with Gasteiger partial charge in [0, 0.05) is 0 Å². The predicted molar refractivity (Wildman–Crippen MR) is 166 cm³/mol. The number of unbranched alkanes of at least 4 members (excludes halogenated alkanes) is 18. The quantitative estimate of drug-likeness (QED) is 0.0911. The van der Waals surface area contributed by atoms with Crippen LogP contribution in [0.1, 0.15) is 167 Å². The summed E-state index contributed by atoms with van der Waals surface area (Å²) in [5, 5.41) is 0.710. The van der Waals surface area contributed by atoms with E-state index in [9.17, 15) is 9.79 Å². The molecule has 0 unspecified atom stereocenters. The van der Waals surface area contributed by atoms with Gasteiger partial charge in [-0.1, -0.05) is 0 Å². The fraction of sp³-hybridized carbons (Fsp3) is 0.818. The van der Waals surface area contributed by atoms with Crippen LogP contribution in [0.15, 0.2) is 18.2 Å². The molecule has 4 heteroatoms. The number of hydrogen-bond donors (Lipinski definition) is 2. The second-order valence-corrected chi connectivity index (χ2v) is 13.3. The molecule has 0 amide bonds. The summed E-state index contributed by atoms with van der Waals surface area (Å²) in [6.07, 6.45) is 28.4. The molecule has 3 nitrogen and oxygen atoms in total. The molecule has 37 heavy (non-hydrogen) atoms. The van der Waals surface area contributed by atoms with Crippen LogP contribution in [0.4, 0.5) is 0 Å². The third-order valence-electron chi connectivity index (χ3n) is 7.76. The summed E-state index contributed by atoms with van der Waals surface area (Å²) >= 11 is 0. The van der Waals surface area contributed by atoms with E-state index in [0.29, 0.717) is 11.9 Å². The molecule has 0 bridgehead atoms. The Morgan fingerprint density at radius 2 is 0.973 bits per heavy atom. The third-order valence-corrected chi connectivity index (χ3v) is 9.53. The van der Waals surface area contributed by atoms with Gasteiger partial charge < -0.3 is 0 Å². The van der Waals surface area contributed by atoms with Gasteiger partial charge in [0.2, 0.25) is 0 Å². The van der Waals surface area contributed by atoms with Gasteiger partial charge in [-0.15, -0.1) is 0 Å². The zero-order valence-corrected chi connectivity index (χ0v) is 26.0. The Kier molecular flexibility index (Phi) is 21.9. The zero-order chi connectivity index (χ0) is 27.0. The van der Waals surface area contributed by atoms with Crippen LogP contribution in [-0.2, 0) is 17.4 Å². The first-order valence-corrected chi connectivity index (χ1v) is 18.1. The van der Waals surface area contributed by atoms with Crippen LogP contribution in [0.3, 0.4) is 0 Å². The Hall–Kier alpha value is -0.470. The molecular weight excluding hydrogens is 475 g/mol. The van der Waals surface area contributed by atoms with Gasteiger partial charge in [0.15, 0.2) is 0 Å². The molecule has 1 rings (SSSR count). The van der Waals surface area contributed by atoms with Crippen LogP contribution >= 0.6 is 7.94 Å². The second kappa shape index (κ2) is 23.4. The van der Waals surface area contributed by atoms with Crippen LogP contribution in [0.5, 0.6) is 0 Å². The topological polar surface area (TPSA) is 49.7 Å².